The van der Waals surface area contributed by atoms with Crippen molar-refractivity contribution in [3.63, 3.8) is 0 Å². The van der Waals surface area contributed by atoms with E-state index in [9.17, 15) is 4.79 Å². The van der Waals surface area contributed by atoms with Crippen molar-refractivity contribution in [2.24, 2.45) is 0 Å². The number of carbonyl (C=O) groups excluding carboxylic acids is 1. The number of oxazole rings is 1. The van der Waals surface area contributed by atoms with Gasteiger partial charge in [0.25, 0.3) is 5.91 Å². The molecule has 7 heteroatoms. The molecule has 4 rings (SSSR count). The fourth-order valence-corrected chi connectivity index (χ4v) is 4.15. The number of halogens is 1. The molecule has 1 fully saturated rings. The summed E-state index contributed by atoms with van der Waals surface area (Å²) in [5.74, 6) is 1.59. The highest BCUT2D eigenvalue weighted by Crippen LogP contribution is 2.28. The van der Waals surface area contributed by atoms with Crippen molar-refractivity contribution < 1.29 is 9.21 Å². The van der Waals surface area contributed by atoms with Crippen LogP contribution in [0.25, 0.3) is 0 Å². The molecule has 1 atom stereocenters. The summed E-state index contributed by atoms with van der Waals surface area (Å²) in [6, 6.07) is 9.63. The van der Waals surface area contributed by atoms with E-state index in [1.807, 2.05) is 35.2 Å². The van der Waals surface area contributed by atoms with Crippen LogP contribution in [0.1, 0.15) is 71.9 Å². The fourth-order valence-electron chi connectivity index (χ4n) is 3.93. The number of aromatic nitrogens is 3. The van der Waals surface area contributed by atoms with Crippen LogP contribution in [0.4, 0.5) is 0 Å². The van der Waals surface area contributed by atoms with E-state index in [1.165, 1.54) is 0 Å². The van der Waals surface area contributed by atoms with E-state index in [-0.39, 0.29) is 11.8 Å². The summed E-state index contributed by atoms with van der Waals surface area (Å²) in [5, 5.41) is 7.94. The number of carbonyl (C=O) groups is 1. The zero-order valence-corrected chi connectivity index (χ0v) is 18.0. The normalized spacial score (nSPS) is 16.7. The van der Waals surface area contributed by atoms with Crippen LogP contribution >= 0.6 is 11.6 Å². The standard InChI is InChI=1S/C23H27ClN4O2/c1-2-3-9-19-13-21(27-26-19)23(29)28-10-5-7-17(15-28)22-25-14-20(30-22)12-16-6-4-8-18(24)11-16/h4,6,8,11,13-14,17H,2-3,5,7,9-10,12,15H2,1H3,(H,26,27)/t17-/m0/s1. The van der Waals surface area contributed by atoms with E-state index < -0.39 is 0 Å². The van der Waals surface area contributed by atoms with Gasteiger partial charge in [0.1, 0.15) is 11.5 Å². The molecule has 0 unspecified atom stereocenters. The van der Waals surface area contributed by atoms with Gasteiger partial charge in [-0.1, -0.05) is 37.1 Å². The van der Waals surface area contributed by atoms with Crippen molar-refractivity contribution in [2.45, 2.75) is 51.4 Å². The van der Waals surface area contributed by atoms with Crippen LogP contribution < -0.4 is 0 Å². The molecule has 1 saturated heterocycles. The molecule has 0 spiro atoms. The fraction of sp³-hybridized carbons (Fsp3) is 0.435. The van der Waals surface area contributed by atoms with Crippen LogP contribution in [0, 0.1) is 0 Å². The lowest BCUT2D eigenvalue weighted by Crippen LogP contribution is -2.39. The summed E-state index contributed by atoms with van der Waals surface area (Å²) in [5.41, 5.74) is 2.60. The van der Waals surface area contributed by atoms with E-state index in [2.05, 4.69) is 22.1 Å². The molecular formula is C23H27ClN4O2. The number of unbranched alkanes of at least 4 members (excludes halogenated alkanes) is 1. The van der Waals surface area contributed by atoms with Crippen LogP contribution in [0.2, 0.25) is 5.02 Å². The maximum atomic E-state index is 12.9. The first-order valence-corrected chi connectivity index (χ1v) is 11.0. The van der Waals surface area contributed by atoms with E-state index in [4.69, 9.17) is 16.0 Å². The Morgan fingerprint density at radius 2 is 2.27 bits per heavy atom. The number of aryl methyl sites for hydroxylation is 1. The third-order valence-corrected chi connectivity index (χ3v) is 5.78. The lowest BCUT2D eigenvalue weighted by atomic mass is 9.97. The Kier molecular flexibility index (Phi) is 6.53. The minimum Gasteiger partial charge on any atom is -0.445 e. The summed E-state index contributed by atoms with van der Waals surface area (Å²) in [7, 11) is 0. The number of hydrogen-bond acceptors (Lipinski definition) is 4. The molecule has 158 valence electrons. The quantitative estimate of drug-likeness (QED) is 0.576. The molecule has 3 heterocycles. The van der Waals surface area contributed by atoms with E-state index in [0.29, 0.717) is 29.6 Å². The molecule has 0 saturated carbocycles. The molecule has 30 heavy (non-hydrogen) atoms. The lowest BCUT2D eigenvalue weighted by Gasteiger charge is -2.30. The van der Waals surface area contributed by atoms with Gasteiger partial charge in [-0.25, -0.2) is 4.98 Å². The minimum atomic E-state index is -0.0237. The maximum Gasteiger partial charge on any atom is 0.274 e. The van der Waals surface area contributed by atoms with Crippen molar-refractivity contribution in [3.8, 4) is 0 Å². The van der Waals surface area contributed by atoms with Gasteiger partial charge in [0.05, 0.1) is 12.1 Å². The monoisotopic (exact) mass is 426 g/mol. The van der Waals surface area contributed by atoms with Crippen molar-refractivity contribution in [2.75, 3.05) is 13.1 Å². The molecule has 1 N–H and O–H groups in total. The Bertz CT molecular complexity index is 997. The zero-order valence-electron chi connectivity index (χ0n) is 17.2. The number of rotatable bonds is 7. The molecule has 2 aromatic heterocycles. The highest BCUT2D eigenvalue weighted by Gasteiger charge is 2.29. The maximum absolute atomic E-state index is 12.9. The van der Waals surface area contributed by atoms with Gasteiger partial charge in [-0.3, -0.25) is 9.89 Å². The van der Waals surface area contributed by atoms with Gasteiger partial charge in [-0.05, 0) is 49.4 Å². The third kappa shape index (κ3) is 4.93. The Morgan fingerprint density at radius 1 is 1.37 bits per heavy atom. The SMILES string of the molecule is CCCCc1cc(C(=O)N2CCC[C@H](c3ncc(Cc4cccc(Cl)c4)o3)C2)n[nH]1. The summed E-state index contributed by atoms with van der Waals surface area (Å²) in [6.07, 6.45) is 7.44. The van der Waals surface area contributed by atoms with Crippen LogP contribution in [0.3, 0.4) is 0 Å². The van der Waals surface area contributed by atoms with Crippen LogP contribution in [0.15, 0.2) is 40.9 Å². The summed E-state index contributed by atoms with van der Waals surface area (Å²) >= 11 is 6.07. The van der Waals surface area contributed by atoms with E-state index in [1.54, 1.807) is 6.20 Å². The molecule has 1 amide bonds. The van der Waals surface area contributed by atoms with Crippen molar-refractivity contribution in [1.29, 1.82) is 0 Å². The topological polar surface area (TPSA) is 75.0 Å². The van der Waals surface area contributed by atoms with Crippen LogP contribution in [-0.4, -0.2) is 39.1 Å². The Balaban J connectivity index is 1.39. The number of nitrogens with zero attached hydrogens (tertiary/aromatic N) is 3. The van der Waals surface area contributed by atoms with Crippen LogP contribution in [0.5, 0.6) is 0 Å². The lowest BCUT2D eigenvalue weighted by molar-refractivity contribution is 0.0692. The summed E-state index contributed by atoms with van der Waals surface area (Å²) in [4.78, 5) is 19.3. The third-order valence-electron chi connectivity index (χ3n) is 5.55. The minimum absolute atomic E-state index is 0.0237. The van der Waals surface area contributed by atoms with Gasteiger partial charge in [-0.15, -0.1) is 0 Å². The molecular weight excluding hydrogens is 400 g/mol. The van der Waals surface area contributed by atoms with Crippen LogP contribution in [-0.2, 0) is 12.8 Å². The second kappa shape index (κ2) is 9.47. The number of aromatic amines is 1. The number of nitrogens with one attached hydrogen (secondary N) is 1. The van der Waals surface area contributed by atoms with Gasteiger partial charge in [0, 0.05) is 30.2 Å². The molecule has 1 aliphatic heterocycles. The predicted octanol–water partition coefficient (Wildman–Crippen LogP) is 5.00. The highest BCUT2D eigenvalue weighted by molar-refractivity contribution is 6.30. The van der Waals surface area contributed by atoms with Crippen molar-refractivity contribution in [1.82, 2.24) is 20.1 Å². The summed E-state index contributed by atoms with van der Waals surface area (Å²) < 4.78 is 6.04. The van der Waals surface area contributed by atoms with Gasteiger partial charge in [0.15, 0.2) is 5.89 Å². The Labute approximate surface area is 181 Å². The van der Waals surface area contributed by atoms with Gasteiger partial charge in [-0.2, -0.15) is 5.10 Å². The Morgan fingerprint density at radius 3 is 3.10 bits per heavy atom. The van der Waals surface area contributed by atoms with Gasteiger partial charge >= 0.3 is 0 Å². The second-order valence-electron chi connectivity index (χ2n) is 7.94. The number of hydrogen-bond donors (Lipinski definition) is 1. The van der Waals surface area contributed by atoms with Crippen molar-refractivity contribution >= 4 is 17.5 Å². The average molecular weight is 427 g/mol. The molecule has 0 radical (unpaired) electrons. The zero-order chi connectivity index (χ0) is 20.9. The largest absolute Gasteiger partial charge is 0.445 e. The number of likely N-dealkylation sites (tertiary alicyclic amines) is 1. The summed E-state index contributed by atoms with van der Waals surface area (Å²) in [6.45, 7) is 3.50. The number of amides is 1. The molecule has 0 aliphatic carbocycles. The predicted molar refractivity (Wildman–Crippen MR) is 116 cm³/mol. The number of piperidine rings is 1. The van der Waals surface area contributed by atoms with E-state index in [0.717, 1.165) is 55.7 Å². The van der Waals surface area contributed by atoms with Crippen molar-refractivity contribution in [3.05, 3.63) is 70.2 Å². The number of H-pyrrole nitrogens is 1. The second-order valence-corrected chi connectivity index (χ2v) is 8.38. The van der Waals surface area contributed by atoms with Gasteiger partial charge in [0.2, 0.25) is 0 Å². The van der Waals surface area contributed by atoms with Gasteiger partial charge < -0.3 is 9.32 Å². The van der Waals surface area contributed by atoms with E-state index >= 15 is 0 Å². The molecule has 1 aliphatic rings. The first-order chi connectivity index (χ1) is 14.6. The Hall–Kier alpha value is -2.60. The smallest absolute Gasteiger partial charge is 0.274 e. The highest BCUT2D eigenvalue weighted by atomic mass is 35.5. The molecule has 1 aromatic carbocycles. The molecule has 0 bridgehead atoms. The average Bonchev–Trinajstić information content (AvgIpc) is 3.42. The first-order valence-electron chi connectivity index (χ1n) is 10.6. The first kappa shape index (κ1) is 20.7. The molecule has 3 aromatic rings. The molecule has 6 nitrogen and oxygen atoms in total. The number of benzene rings is 1.